The van der Waals surface area contributed by atoms with Gasteiger partial charge in [-0.2, -0.15) is 0 Å². The third-order valence-corrected chi connectivity index (χ3v) is 3.32. The van der Waals surface area contributed by atoms with Crippen LogP contribution >= 0.6 is 0 Å². The van der Waals surface area contributed by atoms with Crippen LogP contribution in [0.15, 0.2) is 24.3 Å². The largest absolute Gasteiger partial charge is 0.497 e. The van der Waals surface area contributed by atoms with Crippen LogP contribution in [0.2, 0.25) is 0 Å². The van der Waals surface area contributed by atoms with Crippen LogP contribution in [0.3, 0.4) is 0 Å². The number of hydrogen-bond acceptors (Lipinski definition) is 3. The lowest BCUT2D eigenvalue weighted by Gasteiger charge is -2.06. The fourth-order valence-corrected chi connectivity index (χ4v) is 2.09. The van der Waals surface area contributed by atoms with E-state index in [1.54, 1.807) is 7.11 Å². The number of nitrogens with one attached hydrogen (secondary N) is 2. The van der Waals surface area contributed by atoms with Crippen molar-refractivity contribution in [2.45, 2.75) is 39.0 Å². The normalized spacial score (nSPS) is 10.1. The Kier molecular flexibility index (Phi) is 8.72. The van der Waals surface area contributed by atoms with Crippen molar-refractivity contribution in [3.05, 3.63) is 29.8 Å². The molecule has 122 valence electrons. The Hall–Kier alpha value is -2.04. The summed E-state index contributed by atoms with van der Waals surface area (Å²) in [5.41, 5.74) is 0.980. The van der Waals surface area contributed by atoms with Gasteiger partial charge in [-0.25, -0.2) is 0 Å². The van der Waals surface area contributed by atoms with E-state index in [1.165, 1.54) is 6.92 Å². The molecule has 0 heterocycles. The lowest BCUT2D eigenvalue weighted by molar-refractivity contribution is -0.120. The van der Waals surface area contributed by atoms with Crippen LogP contribution in [-0.2, 0) is 16.0 Å². The summed E-state index contributed by atoms with van der Waals surface area (Å²) in [4.78, 5) is 22.5. The molecule has 0 saturated carbocycles. The van der Waals surface area contributed by atoms with Crippen LogP contribution in [0.1, 0.15) is 38.2 Å². The smallest absolute Gasteiger partial charge is 0.224 e. The van der Waals surface area contributed by atoms with Gasteiger partial charge in [0.15, 0.2) is 0 Å². The molecule has 0 saturated heterocycles. The zero-order valence-corrected chi connectivity index (χ0v) is 13.5. The molecule has 1 rings (SSSR count). The van der Waals surface area contributed by atoms with Gasteiger partial charge in [0.05, 0.1) is 13.5 Å². The van der Waals surface area contributed by atoms with Crippen LogP contribution < -0.4 is 15.4 Å². The van der Waals surface area contributed by atoms with E-state index in [4.69, 9.17) is 4.74 Å². The Balaban J connectivity index is 2.04. The van der Waals surface area contributed by atoms with Crippen molar-refractivity contribution in [3.8, 4) is 5.75 Å². The average molecular weight is 306 g/mol. The fourth-order valence-electron chi connectivity index (χ4n) is 2.09. The quantitative estimate of drug-likeness (QED) is 0.650. The Morgan fingerprint density at radius 2 is 1.55 bits per heavy atom. The van der Waals surface area contributed by atoms with E-state index in [0.717, 1.165) is 43.5 Å². The van der Waals surface area contributed by atoms with Gasteiger partial charge in [0.2, 0.25) is 11.8 Å². The maximum absolute atomic E-state index is 11.8. The molecular formula is C17H26N2O3. The van der Waals surface area contributed by atoms with Crippen molar-refractivity contribution >= 4 is 11.8 Å². The summed E-state index contributed by atoms with van der Waals surface area (Å²) in [5, 5.41) is 5.70. The molecule has 0 aliphatic heterocycles. The van der Waals surface area contributed by atoms with Gasteiger partial charge >= 0.3 is 0 Å². The number of hydrogen-bond donors (Lipinski definition) is 2. The predicted molar refractivity (Wildman–Crippen MR) is 86.9 cm³/mol. The second-order valence-corrected chi connectivity index (χ2v) is 5.27. The lowest BCUT2D eigenvalue weighted by Crippen LogP contribution is -2.26. The lowest BCUT2D eigenvalue weighted by atomic mass is 10.1. The number of ether oxygens (including phenoxy) is 1. The molecular weight excluding hydrogens is 280 g/mol. The topological polar surface area (TPSA) is 67.4 Å². The van der Waals surface area contributed by atoms with Crippen LogP contribution in [-0.4, -0.2) is 32.0 Å². The zero-order valence-electron chi connectivity index (χ0n) is 13.5. The molecule has 0 unspecified atom stereocenters. The number of carbonyl (C=O) groups excluding carboxylic acids is 2. The maximum atomic E-state index is 11.8. The number of rotatable bonds is 10. The van der Waals surface area contributed by atoms with Crippen molar-refractivity contribution in [1.29, 1.82) is 0 Å². The van der Waals surface area contributed by atoms with Gasteiger partial charge in [0.1, 0.15) is 5.75 Å². The van der Waals surface area contributed by atoms with Crippen molar-refractivity contribution < 1.29 is 14.3 Å². The minimum Gasteiger partial charge on any atom is -0.497 e. The van der Waals surface area contributed by atoms with E-state index in [2.05, 4.69) is 10.6 Å². The van der Waals surface area contributed by atoms with E-state index in [1.807, 2.05) is 24.3 Å². The third kappa shape index (κ3) is 8.29. The first kappa shape index (κ1) is 18.0. The summed E-state index contributed by atoms with van der Waals surface area (Å²) in [5.74, 6) is 0.859. The Labute approximate surface area is 132 Å². The van der Waals surface area contributed by atoms with Crippen molar-refractivity contribution in [3.63, 3.8) is 0 Å². The first-order chi connectivity index (χ1) is 10.6. The standard InChI is InChI=1S/C17H26N2O3/c1-14(20)18-11-5-3-4-6-12-19-17(21)13-15-7-9-16(22-2)10-8-15/h7-10H,3-6,11-13H2,1-2H3,(H,18,20)(H,19,21). The second kappa shape index (κ2) is 10.7. The number of unbranched alkanes of at least 4 members (excludes halogenated alkanes) is 3. The van der Waals surface area contributed by atoms with Crippen molar-refractivity contribution in [2.75, 3.05) is 20.2 Å². The highest BCUT2D eigenvalue weighted by Crippen LogP contribution is 2.11. The maximum Gasteiger partial charge on any atom is 0.224 e. The molecule has 0 atom stereocenters. The summed E-state index contributed by atoms with van der Waals surface area (Å²) >= 11 is 0. The monoisotopic (exact) mass is 306 g/mol. The predicted octanol–water partition coefficient (Wildman–Crippen LogP) is 2.05. The van der Waals surface area contributed by atoms with Gasteiger partial charge in [0, 0.05) is 20.0 Å². The highest BCUT2D eigenvalue weighted by molar-refractivity contribution is 5.78. The first-order valence-corrected chi connectivity index (χ1v) is 7.76. The Morgan fingerprint density at radius 1 is 0.955 bits per heavy atom. The molecule has 2 amide bonds. The summed E-state index contributed by atoms with van der Waals surface area (Å²) in [6.45, 7) is 2.96. The van der Waals surface area contributed by atoms with Gasteiger partial charge in [-0.3, -0.25) is 9.59 Å². The van der Waals surface area contributed by atoms with Crippen molar-refractivity contribution in [1.82, 2.24) is 10.6 Å². The van der Waals surface area contributed by atoms with E-state index < -0.39 is 0 Å². The minimum atomic E-state index is 0.0193. The van der Waals surface area contributed by atoms with Crippen molar-refractivity contribution in [2.24, 2.45) is 0 Å². The van der Waals surface area contributed by atoms with Gasteiger partial charge in [-0.15, -0.1) is 0 Å². The number of benzene rings is 1. The molecule has 0 aliphatic carbocycles. The van der Waals surface area contributed by atoms with Crippen LogP contribution in [0.4, 0.5) is 0 Å². The highest BCUT2D eigenvalue weighted by Gasteiger charge is 2.03. The van der Waals surface area contributed by atoms with E-state index >= 15 is 0 Å². The fraction of sp³-hybridized carbons (Fsp3) is 0.529. The molecule has 22 heavy (non-hydrogen) atoms. The van der Waals surface area contributed by atoms with Gasteiger partial charge in [-0.05, 0) is 30.5 Å². The molecule has 5 nitrogen and oxygen atoms in total. The van der Waals surface area contributed by atoms with E-state index in [9.17, 15) is 9.59 Å². The molecule has 0 spiro atoms. The van der Waals surface area contributed by atoms with Gasteiger partial charge in [-0.1, -0.05) is 25.0 Å². The molecule has 0 bridgehead atoms. The van der Waals surface area contributed by atoms with Crippen LogP contribution in [0, 0.1) is 0 Å². The third-order valence-electron chi connectivity index (χ3n) is 3.32. The summed E-state index contributed by atoms with van der Waals surface area (Å²) in [6, 6.07) is 7.52. The number of carbonyl (C=O) groups is 2. The zero-order chi connectivity index (χ0) is 16.2. The summed E-state index contributed by atoms with van der Waals surface area (Å²) < 4.78 is 5.08. The van der Waals surface area contributed by atoms with Crippen LogP contribution in [0.5, 0.6) is 5.75 Å². The van der Waals surface area contributed by atoms with Gasteiger partial charge in [0.25, 0.3) is 0 Å². The Bertz CT molecular complexity index is 457. The Morgan fingerprint density at radius 3 is 2.09 bits per heavy atom. The molecule has 0 aromatic heterocycles. The summed E-state index contributed by atoms with van der Waals surface area (Å²) in [7, 11) is 1.62. The van der Waals surface area contributed by atoms with E-state index in [-0.39, 0.29) is 11.8 Å². The molecule has 5 heteroatoms. The average Bonchev–Trinajstić information content (AvgIpc) is 2.50. The number of amides is 2. The minimum absolute atomic E-state index is 0.0193. The first-order valence-electron chi connectivity index (χ1n) is 7.76. The van der Waals surface area contributed by atoms with Crippen LogP contribution in [0.25, 0.3) is 0 Å². The second-order valence-electron chi connectivity index (χ2n) is 5.27. The number of methoxy groups -OCH3 is 1. The molecule has 0 radical (unpaired) electrons. The molecule has 1 aromatic carbocycles. The summed E-state index contributed by atoms with van der Waals surface area (Å²) in [6.07, 6.45) is 4.47. The van der Waals surface area contributed by atoms with Gasteiger partial charge < -0.3 is 15.4 Å². The highest BCUT2D eigenvalue weighted by atomic mass is 16.5. The SMILES string of the molecule is COc1ccc(CC(=O)NCCCCCCNC(C)=O)cc1. The molecule has 1 aromatic rings. The molecule has 0 fully saturated rings. The molecule has 2 N–H and O–H groups in total. The van der Waals surface area contributed by atoms with E-state index in [0.29, 0.717) is 13.0 Å². The molecule has 0 aliphatic rings.